The largest absolute Gasteiger partial charge is 0.493 e. The van der Waals surface area contributed by atoms with E-state index in [0.29, 0.717) is 28.6 Å². The molecule has 0 unspecified atom stereocenters. The Bertz CT molecular complexity index is 731. The molecule has 2 rings (SSSR count). The average molecular weight is 328 g/mol. The van der Waals surface area contributed by atoms with E-state index in [1.54, 1.807) is 24.5 Å². The van der Waals surface area contributed by atoms with Gasteiger partial charge in [-0.1, -0.05) is 0 Å². The first kappa shape index (κ1) is 17.3. The van der Waals surface area contributed by atoms with E-state index in [1.165, 1.54) is 27.4 Å². The summed E-state index contributed by atoms with van der Waals surface area (Å²) in [5, 5.41) is 2.97. The van der Waals surface area contributed by atoms with Gasteiger partial charge in [0.15, 0.2) is 17.3 Å². The van der Waals surface area contributed by atoms with Crippen molar-refractivity contribution in [1.82, 2.24) is 4.98 Å². The smallest absolute Gasteiger partial charge is 0.203 e. The summed E-state index contributed by atoms with van der Waals surface area (Å²) < 4.78 is 15.7. The molecule has 2 aromatic rings. The Balaban J connectivity index is 2.18. The predicted molar refractivity (Wildman–Crippen MR) is 92.2 cm³/mol. The van der Waals surface area contributed by atoms with Gasteiger partial charge >= 0.3 is 0 Å². The highest BCUT2D eigenvalue weighted by atomic mass is 16.5. The summed E-state index contributed by atoms with van der Waals surface area (Å²) in [6.07, 6.45) is 4.67. The number of nitrogens with zero attached hydrogens (tertiary/aromatic N) is 1. The van der Waals surface area contributed by atoms with Crippen LogP contribution in [0.15, 0.2) is 42.7 Å². The molecule has 0 spiro atoms. The molecule has 0 saturated carbocycles. The molecular formula is C18H20N2O4. The lowest BCUT2D eigenvalue weighted by atomic mass is 10.1. The lowest BCUT2D eigenvalue weighted by Gasteiger charge is -2.13. The summed E-state index contributed by atoms with van der Waals surface area (Å²) in [7, 11) is 4.53. The van der Waals surface area contributed by atoms with Crippen molar-refractivity contribution in [2.75, 3.05) is 26.6 Å². The lowest BCUT2D eigenvalue weighted by molar-refractivity contribution is 0.104. The Morgan fingerprint density at radius 3 is 2.29 bits per heavy atom. The van der Waals surface area contributed by atoms with E-state index in [1.807, 2.05) is 19.1 Å². The van der Waals surface area contributed by atoms with Crippen molar-refractivity contribution in [2.45, 2.75) is 6.92 Å². The van der Waals surface area contributed by atoms with Crippen LogP contribution in [-0.2, 0) is 0 Å². The highest BCUT2D eigenvalue weighted by Gasteiger charge is 2.15. The zero-order valence-corrected chi connectivity index (χ0v) is 14.1. The highest BCUT2D eigenvalue weighted by molar-refractivity contribution is 6.05. The number of nitrogens with one attached hydrogen (secondary N) is 1. The summed E-state index contributed by atoms with van der Waals surface area (Å²) >= 11 is 0. The molecule has 126 valence electrons. The third-order valence-corrected chi connectivity index (χ3v) is 3.33. The number of methoxy groups -OCH3 is 3. The fraction of sp³-hybridized carbons (Fsp3) is 0.222. The molecule has 0 aliphatic rings. The average Bonchev–Trinajstić information content (AvgIpc) is 2.60. The molecule has 0 amide bonds. The SMILES string of the molecule is COc1cc(C(=O)C=CNc2cc(C)ccn2)cc(OC)c1OC. The third kappa shape index (κ3) is 4.04. The number of ketones is 1. The van der Waals surface area contributed by atoms with Gasteiger partial charge in [0.25, 0.3) is 0 Å². The van der Waals surface area contributed by atoms with E-state index in [2.05, 4.69) is 10.3 Å². The number of anilines is 1. The molecule has 6 heteroatoms. The van der Waals surface area contributed by atoms with Crippen LogP contribution < -0.4 is 19.5 Å². The maximum atomic E-state index is 12.3. The number of ether oxygens (including phenoxy) is 3. The van der Waals surface area contributed by atoms with Gasteiger partial charge in [0.05, 0.1) is 21.3 Å². The van der Waals surface area contributed by atoms with Crippen molar-refractivity contribution in [3.63, 3.8) is 0 Å². The van der Waals surface area contributed by atoms with Gasteiger partial charge in [0.2, 0.25) is 5.75 Å². The molecule has 0 aliphatic heterocycles. The molecule has 0 bridgehead atoms. The van der Waals surface area contributed by atoms with Gasteiger partial charge in [-0.15, -0.1) is 0 Å². The minimum Gasteiger partial charge on any atom is -0.493 e. The van der Waals surface area contributed by atoms with Crippen LogP contribution >= 0.6 is 0 Å². The number of aromatic nitrogens is 1. The van der Waals surface area contributed by atoms with Crippen molar-refractivity contribution in [3.05, 3.63) is 53.9 Å². The molecule has 0 atom stereocenters. The van der Waals surface area contributed by atoms with Crippen LogP contribution in [0.25, 0.3) is 0 Å². The fourth-order valence-corrected chi connectivity index (χ4v) is 2.14. The van der Waals surface area contributed by atoms with E-state index < -0.39 is 0 Å². The van der Waals surface area contributed by atoms with Gasteiger partial charge in [0, 0.05) is 24.0 Å². The van der Waals surface area contributed by atoms with E-state index in [4.69, 9.17) is 14.2 Å². The number of pyridine rings is 1. The van der Waals surface area contributed by atoms with Gasteiger partial charge < -0.3 is 19.5 Å². The Morgan fingerprint density at radius 1 is 1.08 bits per heavy atom. The first-order valence-electron chi connectivity index (χ1n) is 7.29. The summed E-state index contributed by atoms with van der Waals surface area (Å²) in [5.74, 6) is 1.78. The summed E-state index contributed by atoms with van der Waals surface area (Å²) in [4.78, 5) is 16.5. The number of benzene rings is 1. The van der Waals surface area contributed by atoms with Crippen LogP contribution in [0.5, 0.6) is 17.2 Å². The Kier molecular flexibility index (Phi) is 5.78. The number of carbonyl (C=O) groups excluding carboxylic acids is 1. The first-order chi connectivity index (χ1) is 11.6. The lowest BCUT2D eigenvalue weighted by Crippen LogP contribution is -2.01. The zero-order valence-electron chi connectivity index (χ0n) is 14.1. The third-order valence-electron chi connectivity index (χ3n) is 3.33. The summed E-state index contributed by atoms with van der Waals surface area (Å²) in [6, 6.07) is 7.00. The number of allylic oxidation sites excluding steroid dienone is 1. The molecule has 0 aliphatic carbocycles. The minimum absolute atomic E-state index is 0.200. The Hall–Kier alpha value is -3.02. The Morgan fingerprint density at radius 2 is 1.75 bits per heavy atom. The Labute approximate surface area is 141 Å². The van der Waals surface area contributed by atoms with Crippen molar-refractivity contribution >= 4 is 11.6 Å². The summed E-state index contributed by atoms with van der Waals surface area (Å²) in [6.45, 7) is 1.97. The van der Waals surface area contributed by atoms with Crippen molar-refractivity contribution in [3.8, 4) is 17.2 Å². The van der Waals surface area contributed by atoms with Crippen LogP contribution in [0.1, 0.15) is 15.9 Å². The number of hydrogen-bond donors (Lipinski definition) is 1. The molecule has 6 nitrogen and oxygen atoms in total. The number of hydrogen-bond acceptors (Lipinski definition) is 6. The molecule has 1 N–H and O–H groups in total. The van der Waals surface area contributed by atoms with Crippen LogP contribution in [0.3, 0.4) is 0 Å². The van der Waals surface area contributed by atoms with E-state index in [0.717, 1.165) is 5.56 Å². The normalized spacial score (nSPS) is 10.5. The van der Waals surface area contributed by atoms with Crippen LogP contribution in [-0.4, -0.2) is 32.1 Å². The van der Waals surface area contributed by atoms with Crippen LogP contribution in [0.4, 0.5) is 5.82 Å². The maximum absolute atomic E-state index is 12.3. The van der Waals surface area contributed by atoms with Gasteiger partial charge in [-0.25, -0.2) is 4.98 Å². The summed E-state index contributed by atoms with van der Waals surface area (Å²) in [5.41, 5.74) is 1.51. The van der Waals surface area contributed by atoms with Gasteiger partial charge in [-0.2, -0.15) is 0 Å². The molecule has 1 aromatic heterocycles. The van der Waals surface area contributed by atoms with Gasteiger partial charge in [-0.05, 0) is 36.8 Å². The number of rotatable bonds is 7. The zero-order chi connectivity index (χ0) is 17.5. The molecule has 1 aromatic carbocycles. The second kappa shape index (κ2) is 8.01. The second-order valence-electron chi connectivity index (χ2n) is 4.97. The second-order valence-corrected chi connectivity index (χ2v) is 4.97. The van der Waals surface area contributed by atoms with Crippen molar-refractivity contribution in [2.24, 2.45) is 0 Å². The van der Waals surface area contributed by atoms with E-state index >= 15 is 0 Å². The standard InChI is InChI=1S/C18H20N2O4/c1-12-5-7-19-17(9-12)20-8-6-14(21)13-10-15(22-2)18(24-4)16(11-13)23-3/h5-11H,1-4H3,(H,19,20). The molecular weight excluding hydrogens is 308 g/mol. The minimum atomic E-state index is -0.200. The van der Waals surface area contributed by atoms with Crippen LogP contribution in [0, 0.1) is 6.92 Å². The molecule has 0 fully saturated rings. The molecule has 1 heterocycles. The van der Waals surface area contributed by atoms with E-state index in [-0.39, 0.29) is 5.78 Å². The topological polar surface area (TPSA) is 69.7 Å². The number of aryl methyl sites for hydroxylation is 1. The number of carbonyl (C=O) groups is 1. The first-order valence-corrected chi connectivity index (χ1v) is 7.29. The van der Waals surface area contributed by atoms with Gasteiger partial charge in [-0.3, -0.25) is 4.79 Å². The van der Waals surface area contributed by atoms with Crippen molar-refractivity contribution in [1.29, 1.82) is 0 Å². The fourth-order valence-electron chi connectivity index (χ4n) is 2.14. The predicted octanol–water partition coefficient (Wildman–Crippen LogP) is 3.22. The van der Waals surface area contributed by atoms with Crippen LogP contribution in [0.2, 0.25) is 0 Å². The molecule has 0 radical (unpaired) electrons. The molecule has 24 heavy (non-hydrogen) atoms. The molecule has 0 saturated heterocycles. The quantitative estimate of drug-likeness (QED) is 0.621. The van der Waals surface area contributed by atoms with Crippen molar-refractivity contribution < 1.29 is 19.0 Å². The monoisotopic (exact) mass is 328 g/mol. The maximum Gasteiger partial charge on any atom is 0.203 e. The van der Waals surface area contributed by atoms with E-state index in [9.17, 15) is 4.79 Å². The highest BCUT2D eigenvalue weighted by Crippen LogP contribution is 2.38. The van der Waals surface area contributed by atoms with Gasteiger partial charge in [0.1, 0.15) is 5.82 Å².